The number of aromatic nitrogens is 1. The number of benzene rings is 2. The van der Waals surface area contributed by atoms with Gasteiger partial charge in [0.1, 0.15) is 12.4 Å². The van der Waals surface area contributed by atoms with Crippen LogP contribution in [-0.4, -0.2) is 11.0 Å². The molecule has 0 unspecified atom stereocenters. The lowest BCUT2D eigenvalue weighted by molar-refractivity contribution is 0.251. The van der Waals surface area contributed by atoms with Crippen LogP contribution in [-0.2, 0) is 13.2 Å². The lowest BCUT2D eigenvalue weighted by atomic mass is 10.2. The summed E-state index contributed by atoms with van der Waals surface area (Å²) in [5, 5.41) is 6.11. The quantitative estimate of drug-likeness (QED) is 0.667. The fraction of sp³-hybridized carbons (Fsp3) is 0.100. The lowest BCUT2D eigenvalue weighted by Gasteiger charge is -2.09. The summed E-state index contributed by atoms with van der Waals surface area (Å²) in [5.74, 6) is 0.765. The Bertz CT molecular complexity index is 854. The summed E-state index contributed by atoms with van der Waals surface area (Å²) in [5.41, 5.74) is 2.63. The number of nitrogens with one attached hydrogen (secondary N) is 2. The van der Waals surface area contributed by atoms with E-state index in [1.165, 1.54) is 0 Å². The Balaban J connectivity index is 1.46. The average Bonchev–Trinajstić information content (AvgIpc) is 2.66. The molecule has 5 nitrogen and oxygen atoms in total. The maximum absolute atomic E-state index is 11.9. The molecule has 1 aromatic heterocycles. The molecule has 132 valence electrons. The van der Waals surface area contributed by atoms with Crippen LogP contribution >= 0.6 is 11.6 Å². The van der Waals surface area contributed by atoms with Crippen LogP contribution in [0, 0.1) is 0 Å². The Morgan fingerprint density at radius 2 is 1.88 bits per heavy atom. The smallest absolute Gasteiger partial charge is 0.319 e. The van der Waals surface area contributed by atoms with Crippen molar-refractivity contribution in [3.05, 3.63) is 89.2 Å². The predicted octanol–water partition coefficient (Wildman–Crippen LogP) is 4.64. The first-order chi connectivity index (χ1) is 12.7. The second-order valence-electron chi connectivity index (χ2n) is 5.61. The fourth-order valence-electron chi connectivity index (χ4n) is 2.28. The Kier molecular flexibility index (Phi) is 6.06. The highest BCUT2D eigenvalue weighted by molar-refractivity contribution is 6.30. The van der Waals surface area contributed by atoms with Gasteiger partial charge in [-0.2, -0.15) is 0 Å². The van der Waals surface area contributed by atoms with E-state index < -0.39 is 0 Å². The van der Waals surface area contributed by atoms with Gasteiger partial charge in [0, 0.05) is 35.2 Å². The number of hydrogen-bond donors (Lipinski definition) is 2. The number of carbonyl (C=O) groups excluding carboxylic acids is 1. The van der Waals surface area contributed by atoms with E-state index >= 15 is 0 Å². The van der Waals surface area contributed by atoms with Crippen LogP contribution in [0.25, 0.3) is 0 Å². The number of urea groups is 1. The molecule has 0 aliphatic carbocycles. The van der Waals surface area contributed by atoms with Crippen LogP contribution < -0.4 is 15.4 Å². The monoisotopic (exact) mass is 367 g/mol. The second-order valence-corrected chi connectivity index (χ2v) is 6.05. The predicted molar refractivity (Wildman–Crippen MR) is 102 cm³/mol. The molecule has 2 N–H and O–H groups in total. The molecule has 0 aliphatic heterocycles. The Labute approximate surface area is 157 Å². The van der Waals surface area contributed by atoms with Gasteiger partial charge in [-0.1, -0.05) is 35.9 Å². The number of hydrogen-bond acceptors (Lipinski definition) is 3. The normalized spacial score (nSPS) is 10.2. The zero-order valence-electron chi connectivity index (χ0n) is 14.0. The molecule has 0 aliphatic rings. The maximum atomic E-state index is 11.9. The van der Waals surface area contributed by atoms with Gasteiger partial charge in [-0.05, 0) is 42.0 Å². The minimum Gasteiger partial charge on any atom is -0.489 e. The summed E-state index contributed by atoms with van der Waals surface area (Å²) < 4.78 is 5.71. The van der Waals surface area contributed by atoms with Crippen molar-refractivity contribution < 1.29 is 9.53 Å². The van der Waals surface area contributed by atoms with Crippen molar-refractivity contribution in [2.24, 2.45) is 0 Å². The van der Waals surface area contributed by atoms with Gasteiger partial charge < -0.3 is 15.4 Å². The number of pyridine rings is 1. The van der Waals surface area contributed by atoms with Crippen molar-refractivity contribution in [2.75, 3.05) is 5.32 Å². The summed E-state index contributed by atoms with van der Waals surface area (Å²) in [4.78, 5) is 16.0. The van der Waals surface area contributed by atoms with Gasteiger partial charge >= 0.3 is 6.03 Å². The van der Waals surface area contributed by atoms with E-state index in [2.05, 4.69) is 15.6 Å². The van der Waals surface area contributed by atoms with E-state index in [1.54, 1.807) is 36.7 Å². The van der Waals surface area contributed by atoms with Crippen LogP contribution in [0.2, 0.25) is 5.02 Å². The van der Waals surface area contributed by atoms with Gasteiger partial charge in [0.05, 0.1) is 0 Å². The minimum absolute atomic E-state index is 0.288. The van der Waals surface area contributed by atoms with Crippen molar-refractivity contribution >= 4 is 23.3 Å². The van der Waals surface area contributed by atoms with Crippen molar-refractivity contribution in [1.82, 2.24) is 10.3 Å². The number of nitrogens with zero attached hydrogens (tertiary/aromatic N) is 1. The molecule has 6 heteroatoms. The van der Waals surface area contributed by atoms with Gasteiger partial charge in [0.2, 0.25) is 0 Å². The van der Waals surface area contributed by atoms with Gasteiger partial charge in [0.15, 0.2) is 0 Å². The molecule has 0 bridgehead atoms. The molecule has 2 aromatic carbocycles. The number of amides is 2. The first-order valence-electron chi connectivity index (χ1n) is 8.10. The van der Waals surface area contributed by atoms with Crippen LogP contribution in [0.15, 0.2) is 73.1 Å². The third-order valence-electron chi connectivity index (χ3n) is 3.59. The molecule has 3 aromatic rings. The van der Waals surface area contributed by atoms with Gasteiger partial charge in [-0.25, -0.2) is 4.79 Å². The highest BCUT2D eigenvalue weighted by Crippen LogP contribution is 2.15. The van der Waals surface area contributed by atoms with E-state index in [1.807, 2.05) is 36.4 Å². The first kappa shape index (κ1) is 17.8. The average molecular weight is 368 g/mol. The molecule has 0 saturated carbocycles. The van der Waals surface area contributed by atoms with Crippen molar-refractivity contribution in [3.63, 3.8) is 0 Å². The molecule has 26 heavy (non-hydrogen) atoms. The molecular formula is C20H18ClN3O2. The van der Waals surface area contributed by atoms with E-state index in [4.69, 9.17) is 16.3 Å². The molecule has 1 heterocycles. The van der Waals surface area contributed by atoms with E-state index in [-0.39, 0.29) is 6.03 Å². The summed E-state index contributed by atoms with van der Waals surface area (Å²) in [7, 11) is 0. The van der Waals surface area contributed by atoms with Crippen LogP contribution in [0.4, 0.5) is 10.5 Å². The SMILES string of the molecule is O=C(NCc1ccc(OCc2cccnc2)cc1)Nc1cccc(Cl)c1. The highest BCUT2D eigenvalue weighted by atomic mass is 35.5. The highest BCUT2D eigenvalue weighted by Gasteiger charge is 2.03. The van der Waals surface area contributed by atoms with Crippen LogP contribution in [0.5, 0.6) is 5.75 Å². The Hall–Kier alpha value is -3.05. The number of rotatable bonds is 6. The number of ether oxygens (including phenoxy) is 1. The van der Waals surface area contributed by atoms with Crippen LogP contribution in [0.3, 0.4) is 0 Å². The lowest BCUT2D eigenvalue weighted by Crippen LogP contribution is -2.28. The zero-order valence-corrected chi connectivity index (χ0v) is 14.7. The number of halogens is 1. The van der Waals surface area contributed by atoms with Crippen LogP contribution in [0.1, 0.15) is 11.1 Å². The number of carbonyl (C=O) groups is 1. The van der Waals surface area contributed by atoms with E-state index in [0.717, 1.165) is 16.9 Å². The third-order valence-corrected chi connectivity index (χ3v) is 3.82. The summed E-state index contributed by atoms with van der Waals surface area (Å²) >= 11 is 5.89. The van der Waals surface area contributed by atoms with Crippen molar-refractivity contribution in [3.8, 4) is 5.75 Å². The molecule has 0 atom stereocenters. The molecule has 0 radical (unpaired) electrons. The van der Waals surface area contributed by atoms with E-state index in [9.17, 15) is 4.79 Å². The summed E-state index contributed by atoms with van der Waals surface area (Å²) in [6, 6.07) is 18.1. The van der Waals surface area contributed by atoms with E-state index in [0.29, 0.717) is 23.9 Å². The Morgan fingerprint density at radius 1 is 1.04 bits per heavy atom. The molecule has 0 fully saturated rings. The second kappa shape index (κ2) is 8.87. The fourth-order valence-corrected chi connectivity index (χ4v) is 2.47. The molecule has 3 rings (SSSR count). The third kappa shape index (κ3) is 5.50. The minimum atomic E-state index is -0.288. The topological polar surface area (TPSA) is 63.2 Å². The van der Waals surface area contributed by atoms with Crippen molar-refractivity contribution in [1.29, 1.82) is 0 Å². The van der Waals surface area contributed by atoms with Gasteiger partial charge in [0.25, 0.3) is 0 Å². The standard InChI is InChI=1S/C20H18ClN3O2/c21-17-4-1-5-18(11-17)24-20(25)23-13-15-6-8-19(9-7-15)26-14-16-3-2-10-22-12-16/h1-12H,13-14H2,(H2,23,24,25). The van der Waals surface area contributed by atoms with Crippen molar-refractivity contribution in [2.45, 2.75) is 13.2 Å². The molecular weight excluding hydrogens is 350 g/mol. The largest absolute Gasteiger partial charge is 0.489 e. The molecule has 0 spiro atoms. The maximum Gasteiger partial charge on any atom is 0.319 e. The summed E-state index contributed by atoms with van der Waals surface area (Å²) in [6.45, 7) is 0.878. The molecule has 2 amide bonds. The first-order valence-corrected chi connectivity index (χ1v) is 8.48. The zero-order chi connectivity index (χ0) is 18.2. The summed E-state index contributed by atoms with van der Waals surface area (Å²) in [6.07, 6.45) is 3.50. The number of anilines is 1. The van der Waals surface area contributed by atoms with Gasteiger partial charge in [-0.15, -0.1) is 0 Å². The van der Waals surface area contributed by atoms with Gasteiger partial charge in [-0.3, -0.25) is 4.98 Å². The Morgan fingerprint density at radius 3 is 2.62 bits per heavy atom. The molecule has 0 saturated heterocycles.